The molecule has 1 rings (SSSR count). The number of hydrogen-bond acceptors (Lipinski definition) is 3. The van der Waals surface area contributed by atoms with E-state index in [1.165, 1.54) is 0 Å². The Balaban J connectivity index is 2.66. The molecule has 0 aliphatic heterocycles. The fourth-order valence-corrected chi connectivity index (χ4v) is 1.89. The highest BCUT2D eigenvalue weighted by atomic mass is 16.5. The van der Waals surface area contributed by atoms with Crippen LogP contribution in [0.25, 0.3) is 0 Å². The van der Waals surface area contributed by atoms with Crippen molar-refractivity contribution in [1.82, 2.24) is 5.32 Å². The van der Waals surface area contributed by atoms with Crippen LogP contribution in [0.15, 0.2) is 30.3 Å². The molecule has 0 bridgehead atoms. The SMILES string of the molecule is CC(C)C[C@H](NC(=O)C(C)(C)C)C(=O)OCc1ccccc1. The van der Waals surface area contributed by atoms with Crippen LogP contribution in [-0.4, -0.2) is 17.9 Å². The van der Waals surface area contributed by atoms with Gasteiger partial charge in [0.1, 0.15) is 12.6 Å². The standard InChI is InChI=1S/C18H27NO3/c1-13(2)11-15(19-17(21)18(3,4)5)16(20)22-12-14-9-7-6-8-10-14/h6-10,13,15H,11-12H2,1-5H3,(H,19,21)/t15-/m0/s1. The molecule has 0 heterocycles. The van der Waals surface area contributed by atoms with Gasteiger partial charge in [0.05, 0.1) is 0 Å². The van der Waals surface area contributed by atoms with Crippen molar-refractivity contribution in [2.75, 3.05) is 0 Å². The fourth-order valence-electron chi connectivity index (χ4n) is 1.89. The monoisotopic (exact) mass is 305 g/mol. The van der Waals surface area contributed by atoms with Crippen LogP contribution in [0.4, 0.5) is 0 Å². The van der Waals surface area contributed by atoms with Gasteiger partial charge in [0.25, 0.3) is 0 Å². The molecular formula is C18H27NO3. The Kier molecular flexibility index (Phi) is 6.60. The quantitative estimate of drug-likeness (QED) is 0.820. The van der Waals surface area contributed by atoms with E-state index in [1.54, 1.807) is 0 Å². The van der Waals surface area contributed by atoms with Gasteiger partial charge in [-0.2, -0.15) is 0 Å². The molecule has 0 saturated carbocycles. The summed E-state index contributed by atoms with van der Waals surface area (Å²) in [4.78, 5) is 24.4. The van der Waals surface area contributed by atoms with Crippen molar-refractivity contribution in [3.05, 3.63) is 35.9 Å². The molecule has 22 heavy (non-hydrogen) atoms. The second kappa shape index (κ2) is 7.97. The lowest BCUT2D eigenvalue weighted by molar-refractivity contribution is -0.150. The molecule has 0 aliphatic carbocycles. The van der Waals surface area contributed by atoms with Gasteiger partial charge >= 0.3 is 5.97 Å². The van der Waals surface area contributed by atoms with Crippen LogP contribution in [0.3, 0.4) is 0 Å². The molecule has 0 aromatic heterocycles. The van der Waals surface area contributed by atoms with Crippen molar-refractivity contribution in [3.8, 4) is 0 Å². The highest BCUT2D eigenvalue weighted by molar-refractivity contribution is 5.87. The number of nitrogens with one attached hydrogen (secondary N) is 1. The third-order valence-electron chi connectivity index (χ3n) is 3.20. The zero-order chi connectivity index (χ0) is 16.8. The Morgan fingerprint density at radius 3 is 2.23 bits per heavy atom. The number of benzene rings is 1. The normalized spacial score (nSPS) is 12.8. The number of carbonyl (C=O) groups excluding carboxylic acids is 2. The fraction of sp³-hybridized carbons (Fsp3) is 0.556. The summed E-state index contributed by atoms with van der Waals surface area (Å²) in [6, 6.07) is 8.91. The molecule has 0 aliphatic rings. The lowest BCUT2D eigenvalue weighted by Crippen LogP contribution is -2.47. The lowest BCUT2D eigenvalue weighted by Gasteiger charge is -2.24. The molecule has 0 spiro atoms. The van der Waals surface area contributed by atoms with E-state index in [-0.39, 0.29) is 24.4 Å². The number of ether oxygens (including phenoxy) is 1. The summed E-state index contributed by atoms with van der Waals surface area (Å²) in [7, 11) is 0. The van der Waals surface area contributed by atoms with Crippen LogP contribution in [0, 0.1) is 11.3 Å². The van der Waals surface area contributed by atoms with E-state index in [4.69, 9.17) is 4.74 Å². The van der Waals surface area contributed by atoms with Crippen LogP contribution in [-0.2, 0) is 20.9 Å². The van der Waals surface area contributed by atoms with E-state index >= 15 is 0 Å². The van der Waals surface area contributed by atoms with Gasteiger partial charge in [0.2, 0.25) is 5.91 Å². The molecule has 4 heteroatoms. The zero-order valence-electron chi connectivity index (χ0n) is 14.2. The van der Waals surface area contributed by atoms with Gasteiger partial charge in [-0.1, -0.05) is 65.0 Å². The summed E-state index contributed by atoms with van der Waals surface area (Å²) >= 11 is 0. The maximum Gasteiger partial charge on any atom is 0.328 e. The van der Waals surface area contributed by atoms with Crippen molar-refractivity contribution in [2.45, 2.75) is 53.7 Å². The Hall–Kier alpha value is -1.84. The van der Waals surface area contributed by atoms with Crippen molar-refractivity contribution in [1.29, 1.82) is 0 Å². The average molecular weight is 305 g/mol. The molecule has 1 amide bonds. The molecule has 1 aromatic rings. The first-order chi connectivity index (χ1) is 10.2. The molecule has 1 N–H and O–H groups in total. The Morgan fingerprint density at radius 2 is 1.73 bits per heavy atom. The van der Waals surface area contributed by atoms with E-state index < -0.39 is 11.5 Å². The maximum absolute atomic E-state index is 12.3. The second-order valence-electron chi connectivity index (χ2n) is 7.00. The highest BCUT2D eigenvalue weighted by Gasteiger charge is 2.28. The van der Waals surface area contributed by atoms with Gasteiger partial charge in [-0.25, -0.2) is 4.79 Å². The predicted molar refractivity (Wildman–Crippen MR) is 87.1 cm³/mol. The average Bonchev–Trinajstić information content (AvgIpc) is 2.43. The van der Waals surface area contributed by atoms with Crippen LogP contribution in [0.2, 0.25) is 0 Å². The van der Waals surface area contributed by atoms with E-state index in [2.05, 4.69) is 5.32 Å². The number of rotatable bonds is 6. The van der Waals surface area contributed by atoms with E-state index in [0.717, 1.165) is 5.56 Å². The van der Waals surface area contributed by atoms with Crippen molar-refractivity contribution >= 4 is 11.9 Å². The van der Waals surface area contributed by atoms with Crippen LogP contribution in [0.5, 0.6) is 0 Å². The first-order valence-corrected chi connectivity index (χ1v) is 7.71. The minimum Gasteiger partial charge on any atom is -0.459 e. The van der Waals surface area contributed by atoms with Gasteiger partial charge in [-0.05, 0) is 17.9 Å². The first-order valence-electron chi connectivity index (χ1n) is 7.71. The molecule has 0 fully saturated rings. The lowest BCUT2D eigenvalue weighted by atomic mass is 9.94. The Bertz CT molecular complexity index is 489. The third kappa shape index (κ3) is 6.29. The number of amides is 1. The van der Waals surface area contributed by atoms with Gasteiger partial charge < -0.3 is 10.1 Å². The molecular weight excluding hydrogens is 278 g/mol. The summed E-state index contributed by atoms with van der Waals surface area (Å²) in [5.41, 5.74) is 0.399. The van der Waals surface area contributed by atoms with E-state index in [0.29, 0.717) is 6.42 Å². The van der Waals surface area contributed by atoms with Crippen LogP contribution < -0.4 is 5.32 Å². The molecule has 1 atom stereocenters. The molecule has 0 radical (unpaired) electrons. The van der Waals surface area contributed by atoms with Crippen LogP contribution in [0.1, 0.15) is 46.6 Å². The third-order valence-corrected chi connectivity index (χ3v) is 3.20. The predicted octanol–water partition coefficient (Wildman–Crippen LogP) is 3.31. The van der Waals surface area contributed by atoms with Crippen molar-refractivity contribution in [3.63, 3.8) is 0 Å². The van der Waals surface area contributed by atoms with Gasteiger partial charge in [-0.3, -0.25) is 4.79 Å². The summed E-state index contributed by atoms with van der Waals surface area (Å²) in [6.07, 6.45) is 0.565. The summed E-state index contributed by atoms with van der Waals surface area (Å²) in [5, 5.41) is 2.81. The van der Waals surface area contributed by atoms with E-state index in [9.17, 15) is 9.59 Å². The van der Waals surface area contributed by atoms with Gasteiger partial charge in [0.15, 0.2) is 0 Å². The first kappa shape index (κ1) is 18.2. The van der Waals surface area contributed by atoms with Crippen molar-refractivity contribution < 1.29 is 14.3 Å². The topological polar surface area (TPSA) is 55.4 Å². The van der Waals surface area contributed by atoms with E-state index in [1.807, 2.05) is 65.0 Å². The maximum atomic E-state index is 12.3. The molecule has 0 unspecified atom stereocenters. The van der Waals surface area contributed by atoms with Gasteiger partial charge in [-0.15, -0.1) is 0 Å². The van der Waals surface area contributed by atoms with Crippen LogP contribution >= 0.6 is 0 Å². The number of esters is 1. The molecule has 1 aromatic carbocycles. The van der Waals surface area contributed by atoms with Crippen molar-refractivity contribution in [2.24, 2.45) is 11.3 Å². The number of carbonyl (C=O) groups is 2. The summed E-state index contributed by atoms with van der Waals surface area (Å²) < 4.78 is 5.35. The summed E-state index contributed by atoms with van der Waals surface area (Å²) in [6.45, 7) is 9.72. The molecule has 4 nitrogen and oxygen atoms in total. The largest absolute Gasteiger partial charge is 0.459 e. The minimum absolute atomic E-state index is 0.144. The summed E-state index contributed by atoms with van der Waals surface area (Å²) in [5.74, 6) is -0.237. The Labute approximate surface area is 133 Å². The minimum atomic E-state index is -0.601. The smallest absolute Gasteiger partial charge is 0.328 e. The molecule has 0 saturated heterocycles. The highest BCUT2D eigenvalue weighted by Crippen LogP contribution is 2.15. The molecule has 122 valence electrons. The number of hydrogen-bond donors (Lipinski definition) is 1. The second-order valence-corrected chi connectivity index (χ2v) is 7.00. The van der Waals surface area contributed by atoms with Gasteiger partial charge in [0, 0.05) is 5.41 Å². The Morgan fingerprint density at radius 1 is 1.14 bits per heavy atom. The zero-order valence-corrected chi connectivity index (χ0v) is 14.2.